The van der Waals surface area contributed by atoms with Gasteiger partial charge in [-0.05, 0) is 35.6 Å². The van der Waals surface area contributed by atoms with Gasteiger partial charge in [-0.15, -0.1) is 6.58 Å². The number of carbonyl (C=O) groups is 1. The summed E-state index contributed by atoms with van der Waals surface area (Å²) in [6, 6.07) is 15.8. The van der Waals surface area contributed by atoms with Crippen molar-refractivity contribution in [2.45, 2.75) is 37.9 Å². The summed E-state index contributed by atoms with van der Waals surface area (Å²) in [5, 5.41) is 4.04. The smallest absolute Gasteiger partial charge is 0.262 e. The van der Waals surface area contributed by atoms with E-state index in [1.165, 1.54) is 22.9 Å². The number of amides is 1. The number of allylic oxidation sites excluding steroid dienone is 1. The van der Waals surface area contributed by atoms with Crippen molar-refractivity contribution in [2.75, 3.05) is 12.3 Å². The molecule has 1 heterocycles. The van der Waals surface area contributed by atoms with Gasteiger partial charge in [0.05, 0.1) is 16.7 Å². The Hall–Kier alpha value is -2.86. The third kappa shape index (κ3) is 5.39. The van der Waals surface area contributed by atoms with E-state index in [-0.39, 0.29) is 17.2 Å². The molecule has 0 aliphatic rings. The van der Waals surface area contributed by atoms with Crippen molar-refractivity contribution < 1.29 is 4.79 Å². The van der Waals surface area contributed by atoms with Gasteiger partial charge in [-0.3, -0.25) is 14.2 Å². The Morgan fingerprint density at radius 3 is 2.63 bits per heavy atom. The highest BCUT2D eigenvalue weighted by atomic mass is 32.2. The molecule has 1 aromatic heterocycles. The maximum absolute atomic E-state index is 12.7. The molecule has 5 nitrogen and oxygen atoms in total. The van der Waals surface area contributed by atoms with E-state index in [9.17, 15) is 9.59 Å². The zero-order valence-electron chi connectivity index (χ0n) is 17.4. The van der Waals surface area contributed by atoms with Gasteiger partial charge in [0.2, 0.25) is 5.91 Å². The average Bonchev–Trinajstić information content (AvgIpc) is 2.75. The summed E-state index contributed by atoms with van der Waals surface area (Å²) in [6.07, 6.45) is 2.44. The van der Waals surface area contributed by atoms with Crippen LogP contribution in [0.3, 0.4) is 0 Å². The summed E-state index contributed by atoms with van der Waals surface area (Å²) in [7, 11) is 0. The average molecular weight is 422 g/mol. The Morgan fingerprint density at radius 1 is 1.20 bits per heavy atom. The van der Waals surface area contributed by atoms with Crippen LogP contribution >= 0.6 is 11.8 Å². The lowest BCUT2D eigenvalue weighted by Gasteiger charge is -2.11. The van der Waals surface area contributed by atoms with E-state index in [1.54, 1.807) is 16.7 Å². The van der Waals surface area contributed by atoms with Gasteiger partial charge in [-0.2, -0.15) is 0 Å². The largest absolute Gasteiger partial charge is 0.355 e. The Bertz CT molecular complexity index is 1090. The normalized spacial score (nSPS) is 11.0. The fourth-order valence-corrected chi connectivity index (χ4v) is 3.98. The topological polar surface area (TPSA) is 64.0 Å². The number of benzene rings is 2. The van der Waals surface area contributed by atoms with Crippen molar-refractivity contribution in [3.05, 3.63) is 82.7 Å². The maximum atomic E-state index is 12.7. The summed E-state index contributed by atoms with van der Waals surface area (Å²) in [4.78, 5) is 29.6. The summed E-state index contributed by atoms with van der Waals surface area (Å²) < 4.78 is 1.56. The predicted octanol–water partition coefficient (Wildman–Crippen LogP) is 4.16. The van der Waals surface area contributed by atoms with Gasteiger partial charge in [0, 0.05) is 13.1 Å². The number of rotatable bonds is 9. The van der Waals surface area contributed by atoms with Crippen molar-refractivity contribution >= 4 is 28.6 Å². The number of fused-ring (bicyclic) bond motifs is 1. The minimum Gasteiger partial charge on any atom is -0.355 e. The van der Waals surface area contributed by atoms with E-state index in [0.29, 0.717) is 35.1 Å². The quantitative estimate of drug-likeness (QED) is 0.320. The van der Waals surface area contributed by atoms with Gasteiger partial charge < -0.3 is 5.32 Å². The van der Waals surface area contributed by atoms with Crippen LogP contribution in [0.5, 0.6) is 0 Å². The SMILES string of the molecule is C=CCn1c(SCC(=O)NCCc2ccc(C(C)C)cc2)nc2ccccc2c1=O. The highest BCUT2D eigenvalue weighted by molar-refractivity contribution is 7.99. The molecule has 0 radical (unpaired) electrons. The highest BCUT2D eigenvalue weighted by Gasteiger charge is 2.12. The summed E-state index contributed by atoms with van der Waals surface area (Å²) in [5.41, 5.74) is 3.03. The van der Waals surface area contributed by atoms with Gasteiger partial charge in [0.15, 0.2) is 5.16 Å². The molecule has 0 aliphatic carbocycles. The maximum Gasteiger partial charge on any atom is 0.262 e. The first kappa shape index (κ1) is 21.8. The monoisotopic (exact) mass is 421 g/mol. The van der Waals surface area contributed by atoms with Crippen molar-refractivity contribution in [1.29, 1.82) is 0 Å². The fourth-order valence-electron chi connectivity index (χ4n) is 3.14. The lowest BCUT2D eigenvalue weighted by molar-refractivity contribution is -0.118. The van der Waals surface area contributed by atoms with Crippen LogP contribution < -0.4 is 10.9 Å². The second-order valence-electron chi connectivity index (χ2n) is 7.40. The van der Waals surface area contributed by atoms with E-state index >= 15 is 0 Å². The van der Waals surface area contributed by atoms with E-state index in [1.807, 2.05) is 18.2 Å². The molecule has 0 saturated heterocycles. The van der Waals surface area contributed by atoms with Gasteiger partial charge in [-0.25, -0.2) is 4.98 Å². The Morgan fingerprint density at radius 2 is 1.93 bits per heavy atom. The van der Waals surface area contributed by atoms with Crippen molar-refractivity contribution in [1.82, 2.24) is 14.9 Å². The van der Waals surface area contributed by atoms with Crippen LogP contribution in [0.15, 0.2) is 71.1 Å². The molecule has 0 atom stereocenters. The molecule has 156 valence electrons. The molecule has 30 heavy (non-hydrogen) atoms. The van der Waals surface area contributed by atoms with Crippen molar-refractivity contribution in [3.8, 4) is 0 Å². The van der Waals surface area contributed by atoms with Crippen LogP contribution in [0, 0.1) is 0 Å². The highest BCUT2D eigenvalue weighted by Crippen LogP contribution is 2.18. The number of hydrogen-bond donors (Lipinski definition) is 1. The van der Waals surface area contributed by atoms with Crippen LogP contribution in [0.4, 0.5) is 0 Å². The predicted molar refractivity (Wildman–Crippen MR) is 124 cm³/mol. The lowest BCUT2D eigenvalue weighted by atomic mass is 10.0. The molecular formula is C24H27N3O2S. The molecule has 3 aromatic rings. The zero-order chi connectivity index (χ0) is 21.5. The Labute approximate surface area is 181 Å². The van der Waals surface area contributed by atoms with E-state index in [0.717, 1.165) is 6.42 Å². The van der Waals surface area contributed by atoms with Crippen LogP contribution in [0.25, 0.3) is 10.9 Å². The fraction of sp³-hybridized carbons (Fsp3) is 0.292. The first-order chi connectivity index (χ1) is 14.5. The molecule has 3 rings (SSSR count). The van der Waals surface area contributed by atoms with Crippen molar-refractivity contribution in [2.24, 2.45) is 0 Å². The molecule has 0 spiro atoms. The van der Waals surface area contributed by atoms with Crippen molar-refractivity contribution in [3.63, 3.8) is 0 Å². The first-order valence-corrected chi connectivity index (χ1v) is 11.1. The number of para-hydroxylation sites is 1. The molecule has 2 aromatic carbocycles. The standard InChI is InChI=1S/C24H27N3O2S/c1-4-15-27-23(29)20-7-5-6-8-21(20)26-24(27)30-16-22(28)25-14-13-18-9-11-19(12-10-18)17(2)3/h4-12,17H,1,13-16H2,2-3H3,(H,25,28). The minimum absolute atomic E-state index is 0.0774. The van der Waals surface area contributed by atoms with E-state index in [4.69, 9.17) is 0 Å². The van der Waals surface area contributed by atoms with Gasteiger partial charge >= 0.3 is 0 Å². The molecule has 0 bridgehead atoms. The lowest BCUT2D eigenvalue weighted by Crippen LogP contribution is -2.28. The number of nitrogens with zero attached hydrogens (tertiary/aromatic N) is 2. The summed E-state index contributed by atoms with van der Waals surface area (Å²) in [5.74, 6) is 0.637. The third-order valence-electron chi connectivity index (χ3n) is 4.85. The second-order valence-corrected chi connectivity index (χ2v) is 8.34. The van der Waals surface area contributed by atoms with Crippen LogP contribution in [-0.2, 0) is 17.8 Å². The molecule has 6 heteroatoms. The molecule has 0 unspecified atom stereocenters. The summed E-state index contributed by atoms with van der Waals surface area (Å²) >= 11 is 1.27. The van der Waals surface area contributed by atoms with Crippen LogP contribution in [0.2, 0.25) is 0 Å². The third-order valence-corrected chi connectivity index (χ3v) is 5.83. The number of thioether (sulfide) groups is 1. The van der Waals surface area contributed by atoms with E-state index in [2.05, 4.69) is 55.0 Å². The molecule has 0 saturated carbocycles. The Balaban J connectivity index is 1.59. The first-order valence-electron chi connectivity index (χ1n) is 10.1. The van der Waals surface area contributed by atoms with Gasteiger partial charge in [0.1, 0.15) is 0 Å². The zero-order valence-corrected chi connectivity index (χ0v) is 18.2. The minimum atomic E-state index is -0.117. The molecule has 0 aliphatic heterocycles. The number of nitrogens with one attached hydrogen (secondary N) is 1. The second kappa shape index (κ2) is 10.3. The number of aromatic nitrogens is 2. The number of hydrogen-bond acceptors (Lipinski definition) is 4. The summed E-state index contributed by atoms with van der Waals surface area (Å²) in [6.45, 7) is 9.00. The van der Waals surface area contributed by atoms with Crippen LogP contribution in [0.1, 0.15) is 30.9 Å². The Kier molecular flexibility index (Phi) is 7.46. The molecular weight excluding hydrogens is 394 g/mol. The van der Waals surface area contributed by atoms with Gasteiger partial charge in [0.25, 0.3) is 5.56 Å². The molecule has 1 amide bonds. The van der Waals surface area contributed by atoms with E-state index < -0.39 is 0 Å². The van der Waals surface area contributed by atoms with Gasteiger partial charge in [-0.1, -0.05) is 68.1 Å². The van der Waals surface area contributed by atoms with Crippen LogP contribution in [-0.4, -0.2) is 27.8 Å². The number of carbonyl (C=O) groups excluding carboxylic acids is 1. The molecule has 0 fully saturated rings. The molecule has 1 N–H and O–H groups in total.